The molecule has 0 bridgehead atoms. The summed E-state index contributed by atoms with van der Waals surface area (Å²) in [6, 6.07) is 19.4. The van der Waals surface area contributed by atoms with Gasteiger partial charge in [0.15, 0.2) is 0 Å². The van der Waals surface area contributed by atoms with E-state index in [9.17, 15) is 0 Å². The van der Waals surface area contributed by atoms with E-state index in [2.05, 4.69) is 60.5 Å². The maximum Gasteiger partial charge on any atom is 0.119 e. The molecular weight excluding hydrogens is 306 g/mol. The molecule has 2 aromatic rings. The normalized spacial score (nSPS) is 20.2. The van der Waals surface area contributed by atoms with Crippen LogP contribution < -0.4 is 9.64 Å². The fourth-order valence-electron chi connectivity index (χ4n) is 4.21. The fraction of sp³-hybridized carbons (Fsp3) is 0.304. The van der Waals surface area contributed by atoms with E-state index >= 15 is 0 Å². The molecule has 1 aliphatic heterocycles. The summed E-state index contributed by atoms with van der Waals surface area (Å²) in [5.41, 5.74) is 7.16. The van der Waals surface area contributed by atoms with E-state index in [4.69, 9.17) is 4.74 Å². The van der Waals surface area contributed by atoms with Gasteiger partial charge in [-0.2, -0.15) is 0 Å². The molecular formula is C23H25NO. The van der Waals surface area contributed by atoms with Crippen molar-refractivity contribution >= 4 is 5.69 Å². The summed E-state index contributed by atoms with van der Waals surface area (Å²) in [4.78, 5) is 2.41. The molecule has 2 heteroatoms. The number of benzene rings is 2. The molecule has 0 amide bonds. The first-order valence-corrected chi connectivity index (χ1v) is 9.16. The quantitative estimate of drug-likeness (QED) is 0.681. The highest BCUT2D eigenvalue weighted by Gasteiger charge is 2.30. The summed E-state index contributed by atoms with van der Waals surface area (Å²) in [5.74, 6) is 1.34. The Labute approximate surface area is 150 Å². The molecule has 0 N–H and O–H groups in total. The molecule has 4 rings (SSSR count). The molecule has 2 aliphatic rings. The van der Waals surface area contributed by atoms with Gasteiger partial charge in [0.05, 0.1) is 7.11 Å². The van der Waals surface area contributed by atoms with Gasteiger partial charge < -0.3 is 9.64 Å². The van der Waals surface area contributed by atoms with Crippen LogP contribution >= 0.6 is 0 Å². The number of ether oxygens (including phenoxy) is 1. The molecule has 2 nitrogen and oxygen atoms in total. The van der Waals surface area contributed by atoms with E-state index in [0.29, 0.717) is 5.92 Å². The van der Waals surface area contributed by atoms with Crippen molar-refractivity contribution in [2.75, 3.05) is 12.0 Å². The highest BCUT2D eigenvalue weighted by molar-refractivity contribution is 5.62. The highest BCUT2D eigenvalue weighted by Crippen LogP contribution is 2.45. The third-order valence-electron chi connectivity index (χ3n) is 5.39. The standard InChI is InChI=1S/C23H25NO/c1-17-16-24(19-12-14-20(25-2)15-13-19)22-11-7-6-10-21(22)23(17)18-8-4-3-5-9-18/h3-5,8-9,12-16,23H,6-7,10-11H2,1-2H3/t23-/m0/s1. The second-order valence-corrected chi connectivity index (χ2v) is 6.96. The Morgan fingerprint density at radius 2 is 1.64 bits per heavy atom. The molecule has 0 spiro atoms. The summed E-state index contributed by atoms with van der Waals surface area (Å²) in [6.07, 6.45) is 7.27. The van der Waals surface area contributed by atoms with E-state index in [1.165, 1.54) is 41.8 Å². The van der Waals surface area contributed by atoms with Crippen LogP contribution in [0.15, 0.2) is 77.6 Å². The molecule has 128 valence electrons. The van der Waals surface area contributed by atoms with Crippen molar-refractivity contribution in [1.29, 1.82) is 0 Å². The van der Waals surface area contributed by atoms with Crippen molar-refractivity contribution in [3.8, 4) is 5.75 Å². The zero-order valence-corrected chi connectivity index (χ0v) is 15.0. The van der Waals surface area contributed by atoms with E-state index in [1.54, 1.807) is 12.7 Å². The lowest BCUT2D eigenvalue weighted by atomic mass is 9.77. The first-order chi connectivity index (χ1) is 12.3. The highest BCUT2D eigenvalue weighted by atomic mass is 16.5. The van der Waals surface area contributed by atoms with E-state index < -0.39 is 0 Å². The third kappa shape index (κ3) is 2.97. The van der Waals surface area contributed by atoms with Crippen LogP contribution in [0, 0.1) is 0 Å². The smallest absolute Gasteiger partial charge is 0.119 e. The average molecular weight is 331 g/mol. The van der Waals surface area contributed by atoms with Gasteiger partial charge in [0.2, 0.25) is 0 Å². The number of hydrogen-bond acceptors (Lipinski definition) is 2. The van der Waals surface area contributed by atoms with Crippen LogP contribution in [0.25, 0.3) is 0 Å². The van der Waals surface area contributed by atoms with Gasteiger partial charge in [-0.25, -0.2) is 0 Å². The van der Waals surface area contributed by atoms with E-state index in [0.717, 1.165) is 12.2 Å². The van der Waals surface area contributed by atoms with Crippen molar-refractivity contribution in [2.45, 2.75) is 38.5 Å². The lowest BCUT2D eigenvalue weighted by Crippen LogP contribution is -2.27. The van der Waals surface area contributed by atoms with Crippen LogP contribution in [0.3, 0.4) is 0 Å². The van der Waals surface area contributed by atoms with Crippen LogP contribution in [0.4, 0.5) is 5.69 Å². The Morgan fingerprint density at radius 1 is 0.920 bits per heavy atom. The third-order valence-corrected chi connectivity index (χ3v) is 5.39. The summed E-state index contributed by atoms with van der Waals surface area (Å²) in [6.45, 7) is 2.27. The summed E-state index contributed by atoms with van der Waals surface area (Å²) in [7, 11) is 1.71. The van der Waals surface area contributed by atoms with Crippen molar-refractivity contribution in [3.05, 3.63) is 83.2 Å². The van der Waals surface area contributed by atoms with Crippen molar-refractivity contribution in [3.63, 3.8) is 0 Å². The Kier molecular flexibility index (Phi) is 4.35. The van der Waals surface area contributed by atoms with Crippen LogP contribution in [0.5, 0.6) is 5.75 Å². The Balaban J connectivity index is 1.77. The zero-order valence-electron chi connectivity index (χ0n) is 15.0. The molecule has 0 aromatic heterocycles. The van der Waals surface area contributed by atoms with Crippen LogP contribution in [-0.4, -0.2) is 7.11 Å². The van der Waals surface area contributed by atoms with Gasteiger partial charge in [0.1, 0.15) is 5.75 Å². The Morgan fingerprint density at radius 3 is 2.36 bits per heavy atom. The SMILES string of the molecule is COc1ccc(N2C=C(C)[C@@H](c3ccccc3)C3=C2CCCC3)cc1. The largest absolute Gasteiger partial charge is 0.497 e. The lowest BCUT2D eigenvalue weighted by molar-refractivity contribution is 0.415. The van der Waals surface area contributed by atoms with E-state index in [1.807, 2.05) is 12.1 Å². The molecule has 25 heavy (non-hydrogen) atoms. The predicted molar refractivity (Wildman–Crippen MR) is 104 cm³/mol. The van der Waals surface area contributed by atoms with Gasteiger partial charge in [-0.1, -0.05) is 30.3 Å². The molecule has 2 aromatic carbocycles. The van der Waals surface area contributed by atoms with Crippen LogP contribution in [0.2, 0.25) is 0 Å². The molecule has 1 heterocycles. The molecule has 1 atom stereocenters. The molecule has 0 unspecified atom stereocenters. The minimum Gasteiger partial charge on any atom is -0.497 e. The molecule has 0 fully saturated rings. The Hall–Kier alpha value is -2.48. The minimum absolute atomic E-state index is 0.436. The monoisotopic (exact) mass is 331 g/mol. The number of rotatable bonds is 3. The number of methoxy groups -OCH3 is 1. The van der Waals surface area contributed by atoms with E-state index in [-0.39, 0.29) is 0 Å². The maximum absolute atomic E-state index is 5.31. The van der Waals surface area contributed by atoms with Crippen molar-refractivity contribution in [2.24, 2.45) is 0 Å². The van der Waals surface area contributed by atoms with Gasteiger partial charge in [0, 0.05) is 23.5 Å². The number of nitrogens with zero attached hydrogens (tertiary/aromatic N) is 1. The predicted octanol–water partition coefficient (Wildman–Crippen LogP) is 6.03. The zero-order chi connectivity index (χ0) is 17.2. The van der Waals surface area contributed by atoms with Gasteiger partial charge in [-0.05, 0) is 73.6 Å². The number of hydrogen-bond donors (Lipinski definition) is 0. The molecule has 0 radical (unpaired) electrons. The topological polar surface area (TPSA) is 12.5 Å². The number of anilines is 1. The summed E-state index contributed by atoms with van der Waals surface area (Å²) >= 11 is 0. The first-order valence-electron chi connectivity index (χ1n) is 9.16. The van der Waals surface area contributed by atoms with Gasteiger partial charge in [-0.3, -0.25) is 0 Å². The summed E-state index contributed by atoms with van der Waals surface area (Å²) < 4.78 is 5.31. The number of allylic oxidation sites excluding steroid dienone is 3. The first kappa shape index (κ1) is 16.0. The second kappa shape index (κ2) is 6.79. The van der Waals surface area contributed by atoms with Gasteiger partial charge >= 0.3 is 0 Å². The van der Waals surface area contributed by atoms with Crippen LogP contribution in [-0.2, 0) is 0 Å². The fourth-order valence-corrected chi connectivity index (χ4v) is 4.21. The molecule has 0 saturated heterocycles. The minimum atomic E-state index is 0.436. The molecule has 1 aliphatic carbocycles. The Bertz CT molecular complexity index is 802. The van der Waals surface area contributed by atoms with Crippen molar-refractivity contribution in [1.82, 2.24) is 0 Å². The van der Waals surface area contributed by atoms with Gasteiger partial charge in [-0.15, -0.1) is 0 Å². The van der Waals surface area contributed by atoms with Gasteiger partial charge in [0.25, 0.3) is 0 Å². The van der Waals surface area contributed by atoms with Crippen LogP contribution in [0.1, 0.15) is 44.1 Å². The second-order valence-electron chi connectivity index (χ2n) is 6.96. The molecule has 0 saturated carbocycles. The average Bonchev–Trinajstić information content (AvgIpc) is 2.68. The maximum atomic E-state index is 5.31. The lowest BCUT2D eigenvalue weighted by Gasteiger charge is -2.39. The summed E-state index contributed by atoms with van der Waals surface area (Å²) in [5, 5.41) is 0. The van der Waals surface area contributed by atoms with Crippen molar-refractivity contribution < 1.29 is 4.74 Å².